The molecule has 0 unspecified atom stereocenters. The Morgan fingerprint density at radius 2 is 1.72 bits per heavy atom. The van der Waals surface area contributed by atoms with Crippen LogP contribution in [0.15, 0.2) is 88.3 Å². The van der Waals surface area contributed by atoms with Gasteiger partial charge in [0.15, 0.2) is 11.5 Å². The van der Waals surface area contributed by atoms with Crippen LogP contribution in [0, 0.1) is 0 Å². The SMILES string of the molecule is COC(=O)c1ccc(CSc2ccccc2NC(=O)c2cc(-c3ccc(OC(C)C)cc3)on2)cc1. The van der Waals surface area contributed by atoms with Crippen molar-refractivity contribution < 1.29 is 23.6 Å². The monoisotopic (exact) mass is 502 g/mol. The van der Waals surface area contributed by atoms with Crippen LogP contribution in [-0.2, 0) is 10.5 Å². The standard InChI is InChI=1S/C28H26N2O5S/c1-18(2)34-22-14-12-20(13-15-22)25-16-24(30-35-25)27(31)29-23-6-4-5-7-26(23)36-17-19-8-10-21(11-9-19)28(32)33-3/h4-16,18H,17H2,1-3H3,(H,29,31). The molecule has 7 nitrogen and oxygen atoms in total. The van der Waals surface area contributed by atoms with Crippen LogP contribution < -0.4 is 10.1 Å². The third-order valence-corrected chi connectivity index (χ3v) is 6.30. The highest BCUT2D eigenvalue weighted by Gasteiger charge is 2.16. The Morgan fingerprint density at radius 3 is 2.42 bits per heavy atom. The molecule has 36 heavy (non-hydrogen) atoms. The number of hydrogen-bond acceptors (Lipinski definition) is 7. The van der Waals surface area contributed by atoms with Crippen LogP contribution in [0.5, 0.6) is 5.75 Å². The zero-order valence-corrected chi connectivity index (χ0v) is 21.0. The van der Waals surface area contributed by atoms with E-state index < -0.39 is 0 Å². The summed E-state index contributed by atoms with van der Waals surface area (Å²) >= 11 is 1.58. The molecular weight excluding hydrogens is 476 g/mol. The van der Waals surface area contributed by atoms with Crippen LogP contribution in [0.3, 0.4) is 0 Å². The van der Waals surface area contributed by atoms with E-state index in [0.717, 1.165) is 21.8 Å². The number of methoxy groups -OCH3 is 1. The normalized spacial score (nSPS) is 10.8. The summed E-state index contributed by atoms with van der Waals surface area (Å²) < 4.78 is 15.8. The smallest absolute Gasteiger partial charge is 0.337 e. The fourth-order valence-corrected chi connectivity index (χ4v) is 4.35. The van der Waals surface area contributed by atoms with Gasteiger partial charge in [0, 0.05) is 22.3 Å². The van der Waals surface area contributed by atoms with Gasteiger partial charge in [-0.05, 0) is 67.9 Å². The van der Waals surface area contributed by atoms with E-state index in [1.54, 1.807) is 30.0 Å². The van der Waals surface area contributed by atoms with Crippen molar-refractivity contribution in [1.29, 1.82) is 0 Å². The molecule has 0 aliphatic carbocycles. The van der Waals surface area contributed by atoms with Gasteiger partial charge in [0.25, 0.3) is 5.91 Å². The largest absolute Gasteiger partial charge is 0.491 e. The van der Waals surface area contributed by atoms with Gasteiger partial charge >= 0.3 is 5.97 Å². The lowest BCUT2D eigenvalue weighted by molar-refractivity contribution is 0.0600. The van der Waals surface area contributed by atoms with Crippen molar-refractivity contribution >= 4 is 29.3 Å². The highest BCUT2D eigenvalue weighted by atomic mass is 32.2. The molecule has 0 saturated heterocycles. The van der Waals surface area contributed by atoms with Crippen molar-refractivity contribution in [3.05, 3.63) is 95.7 Å². The summed E-state index contributed by atoms with van der Waals surface area (Å²) in [5.74, 6) is 1.20. The summed E-state index contributed by atoms with van der Waals surface area (Å²) in [5, 5.41) is 6.88. The van der Waals surface area contributed by atoms with E-state index in [2.05, 4.69) is 10.5 Å². The molecule has 1 aromatic heterocycles. The van der Waals surface area contributed by atoms with Crippen LogP contribution in [0.25, 0.3) is 11.3 Å². The van der Waals surface area contributed by atoms with E-state index in [9.17, 15) is 9.59 Å². The van der Waals surface area contributed by atoms with Crippen LogP contribution in [0.2, 0.25) is 0 Å². The number of anilines is 1. The van der Waals surface area contributed by atoms with E-state index >= 15 is 0 Å². The summed E-state index contributed by atoms with van der Waals surface area (Å²) in [6, 6.07) is 23.9. The number of ether oxygens (including phenoxy) is 2. The van der Waals surface area contributed by atoms with Crippen molar-refractivity contribution in [2.45, 2.75) is 30.6 Å². The van der Waals surface area contributed by atoms with Crippen LogP contribution in [0.1, 0.15) is 40.3 Å². The van der Waals surface area contributed by atoms with E-state index in [4.69, 9.17) is 14.0 Å². The summed E-state index contributed by atoms with van der Waals surface area (Å²) in [6.07, 6.45) is 0.0876. The molecule has 4 aromatic rings. The molecule has 1 N–H and O–H groups in total. The summed E-state index contributed by atoms with van der Waals surface area (Å²) in [7, 11) is 1.36. The zero-order chi connectivity index (χ0) is 25.5. The van der Waals surface area contributed by atoms with Gasteiger partial charge in [-0.3, -0.25) is 4.79 Å². The minimum Gasteiger partial charge on any atom is -0.491 e. The number of nitrogens with zero attached hydrogens (tertiary/aromatic N) is 1. The maximum absolute atomic E-state index is 12.9. The average Bonchev–Trinajstić information content (AvgIpc) is 3.39. The minimum atomic E-state index is -0.365. The number of thioether (sulfide) groups is 1. The Hall–Kier alpha value is -4.04. The third-order valence-electron chi connectivity index (χ3n) is 5.16. The number of aromatic nitrogens is 1. The van der Waals surface area contributed by atoms with Gasteiger partial charge in [0.1, 0.15) is 5.75 Å². The molecule has 0 bridgehead atoms. The van der Waals surface area contributed by atoms with Crippen LogP contribution >= 0.6 is 11.8 Å². The van der Waals surface area contributed by atoms with Gasteiger partial charge in [0.05, 0.1) is 24.5 Å². The number of para-hydroxylation sites is 1. The Morgan fingerprint density at radius 1 is 1.00 bits per heavy atom. The Bertz CT molecular complexity index is 1330. The first-order chi connectivity index (χ1) is 17.4. The van der Waals surface area contributed by atoms with Crippen molar-refractivity contribution in [2.75, 3.05) is 12.4 Å². The molecule has 0 saturated carbocycles. The predicted molar refractivity (Wildman–Crippen MR) is 139 cm³/mol. The molecule has 4 rings (SSSR count). The highest BCUT2D eigenvalue weighted by Crippen LogP contribution is 2.31. The Labute approximate surface area is 213 Å². The number of esters is 1. The van der Waals surface area contributed by atoms with Gasteiger partial charge in [-0.25, -0.2) is 4.79 Å². The highest BCUT2D eigenvalue weighted by molar-refractivity contribution is 7.98. The molecule has 0 fully saturated rings. The average molecular weight is 503 g/mol. The molecule has 0 aliphatic rings. The van der Waals surface area contributed by atoms with Gasteiger partial charge in [-0.15, -0.1) is 11.8 Å². The maximum atomic E-state index is 12.9. The molecule has 0 spiro atoms. The van der Waals surface area contributed by atoms with Crippen molar-refractivity contribution in [1.82, 2.24) is 5.16 Å². The van der Waals surface area contributed by atoms with Crippen molar-refractivity contribution in [2.24, 2.45) is 0 Å². The number of carbonyl (C=O) groups is 2. The van der Waals surface area contributed by atoms with E-state index in [0.29, 0.717) is 22.8 Å². The Kier molecular flexibility index (Phi) is 8.07. The molecule has 0 radical (unpaired) electrons. The molecule has 3 aromatic carbocycles. The summed E-state index contributed by atoms with van der Waals surface area (Å²) in [4.78, 5) is 25.4. The number of amides is 1. The second-order valence-electron chi connectivity index (χ2n) is 8.19. The van der Waals surface area contributed by atoms with Crippen molar-refractivity contribution in [3.8, 4) is 17.1 Å². The number of hydrogen-bond donors (Lipinski definition) is 1. The fourth-order valence-electron chi connectivity index (χ4n) is 3.39. The van der Waals surface area contributed by atoms with Crippen LogP contribution in [-0.4, -0.2) is 30.2 Å². The van der Waals surface area contributed by atoms with Gasteiger partial charge < -0.3 is 19.3 Å². The minimum absolute atomic E-state index is 0.0876. The first kappa shape index (κ1) is 25.1. The van der Waals surface area contributed by atoms with E-state index in [1.807, 2.05) is 74.5 Å². The summed E-state index contributed by atoms with van der Waals surface area (Å²) in [6.45, 7) is 3.94. The first-order valence-electron chi connectivity index (χ1n) is 11.4. The number of rotatable bonds is 9. The van der Waals surface area contributed by atoms with E-state index in [1.165, 1.54) is 7.11 Å². The molecule has 184 valence electrons. The number of carbonyl (C=O) groups excluding carboxylic acids is 2. The topological polar surface area (TPSA) is 90.7 Å². The third kappa shape index (κ3) is 6.34. The second kappa shape index (κ2) is 11.6. The fraction of sp³-hybridized carbons (Fsp3) is 0.179. The lowest BCUT2D eigenvalue weighted by atomic mass is 10.1. The molecule has 1 heterocycles. The van der Waals surface area contributed by atoms with Crippen molar-refractivity contribution in [3.63, 3.8) is 0 Å². The van der Waals surface area contributed by atoms with Gasteiger partial charge in [-0.1, -0.05) is 29.4 Å². The summed E-state index contributed by atoms with van der Waals surface area (Å²) in [5.41, 5.74) is 3.21. The van der Waals surface area contributed by atoms with Crippen LogP contribution in [0.4, 0.5) is 5.69 Å². The first-order valence-corrected chi connectivity index (χ1v) is 12.4. The predicted octanol–water partition coefficient (Wildman–Crippen LogP) is 6.46. The van der Waals surface area contributed by atoms with E-state index in [-0.39, 0.29) is 23.7 Å². The maximum Gasteiger partial charge on any atom is 0.337 e. The van der Waals surface area contributed by atoms with Gasteiger partial charge in [0.2, 0.25) is 0 Å². The molecule has 0 atom stereocenters. The number of nitrogens with one attached hydrogen (secondary N) is 1. The quantitative estimate of drug-likeness (QED) is 0.207. The number of benzene rings is 3. The Balaban J connectivity index is 1.40. The lowest BCUT2D eigenvalue weighted by Gasteiger charge is -2.10. The second-order valence-corrected chi connectivity index (χ2v) is 9.21. The zero-order valence-electron chi connectivity index (χ0n) is 20.2. The molecular formula is C28H26N2O5S. The molecule has 8 heteroatoms. The van der Waals surface area contributed by atoms with Gasteiger partial charge in [-0.2, -0.15) is 0 Å². The lowest BCUT2D eigenvalue weighted by Crippen LogP contribution is -2.12. The molecule has 1 amide bonds. The molecule has 0 aliphatic heterocycles.